The Morgan fingerprint density at radius 3 is 2.75 bits per heavy atom. The van der Waals surface area contributed by atoms with Gasteiger partial charge in [0.25, 0.3) is 5.56 Å². The van der Waals surface area contributed by atoms with Gasteiger partial charge in [0, 0.05) is 6.20 Å². The molecule has 0 aliphatic carbocycles. The Bertz CT molecular complexity index is 535. The number of hydrogen-bond acceptors (Lipinski definition) is 2. The van der Waals surface area contributed by atoms with Crippen molar-refractivity contribution in [2.45, 2.75) is 0 Å². The monoisotopic (exact) mass is 169 g/mol. The molecule has 0 spiro atoms. The highest BCUT2D eigenvalue weighted by Crippen LogP contribution is 2.00. The third kappa shape index (κ3) is 0.714. The van der Waals surface area contributed by atoms with Crippen molar-refractivity contribution >= 4 is 5.52 Å². The molecule has 0 aliphatic heterocycles. The number of hydrogen-bond donors (Lipinski definition) is 2. The fourth-order valence-corrected chi connectivity index (χ4v) is 1.03. The fourth-order valence-electron chi connectivity index (χ4n) is 1.03. The van der Waals surface area contributed by atoms with E-state index in [-0.39, 0.29) is 5.52 Å². The summed E-state index contributed by atoms with van der Waals surface area (Å²) in [5.74, 6) is -0.706. The first-order valence-electron chi connectivity index (χ1n) is 3.17. The van der Waals surface area contributed by atoms with Gasteiger partial charge in [-0.25, -0.2) is 14.3 Å². The lowest BCUT2D eigenvalue weighted by atomic mass is 10.5. The van der Waals surface area contributed by atoms with Crippen LogP contribution in [0.1, 0.15) is 0 Å². The third-order valence-corrected chi connectivity index (χ3v) is 1.55. The summed E-state index contributed by atoms with van der Waals surface area (Å²) >= 11 is 0. The number of nitrogens with one attached hydrogen (secondary N) is 2. The van der Waals surface area contributed by atoms with E-state index in [1.807, 2.05) is 5.10 Å². The smallest absolute Gasteiger partial charge is 0.266 e. The van der Waals surface area contributed by atoms with Crippen LogP contribution in [0.2, 0.25) is 0 Å². The maximum atomic E-state index is 12.8. The summed E-state index contributed by atoms with van der Waals surface area (Å²) in [6, 6.07) is 1.06. The van der Waals surface area contributed by atoms with Crippen molar-refractivity contribution in [3.8, 4) is 0 Å². The van der Waals surface area contributed by atoms with Crippen molar-refractivity contribution < 1.29 is 4.39 Å². The number of rotatable bonds is 0. The van der Waals surface area contributed by atoms with E-state index in [1.165, 1.54) is 6.20 Å². The predicted molar refractivity (Wildman–Crippen MR) is 38.6 cm³/mol. The standard InChI is InChI=1S/C6H4FN3O2/c7-3-1-2-10-4(3)5(11)8-9-6(10)12/h1-2H,(H,8,11)(H,9,12). The molecule has 5 nitrogen and oxygen atoms in total. The SMILES string of the molecule is O=c1[nH][nH]c(=O)n2ccc(F)c12. The Morgan fingerprint density at radius 1 is 1.33 bits per heavy atom. The summed E-state index contributed by atoms with van der Waals surface area (Å²) in [6.07, 6.45) is 1.19. The van der Waals surface area contributed by atoms with E-state index in [9.17, 15) is 14.0 Å². The van der Waals surface area contributed by atoms with Gasteiger partial charge in [-0.3, -0.25) is 14.3 Å². The van der Waals surface area contributed by atoms with Gasteiger partial charge >= 0.3 is 5.69 Å². The van der Waals surface area contributed by atoms with Crippen LogP contribution in [0.25, 0.3) is 5.52 Å². The Labute approximate surface area is 64.4 Å². The Hall–Kier alpha value is -1.85. The lowest BCUT2D eigenvalue weighted by Crippen LogP contribution is -2.25. The van der Waals surface area contributed by atoms with Crippen molar-refractivity contribution in [1.29, 1.82) is 0 Å². The molecule has 0 amide bonds. The van der Waals surface area contributed by atoms with E-state index in [2.05, 4.69) is 5.10 Å². The zero-order valence-electron chi connectivity index (χ0n) is 5.80. The van der Waals surface area contributed by atoms with Gasteiger partial charge in [-0.1, -0.05) is 0 Å². The van der Waals surface area contributed by atoms with Gasteiger partial charge in [0.2, 0.25) is 0 Å². The van der Waals surface area contributed by atoms with Crippen molar-refractivity contribution in [2.24, 2.45) is 0 Å². The highest BCUT2D eigenvalue weighted by molar-refractivity contribution is 5.45. The van der Waals surface area contributed by atoms with Gasteiger partial charge in [0.05, 0.1) is 0 Å². The Kier molecular flexibility index (Phi) is 1.18. The number of fused-ring (bicyclic) bond motifs is 1. The van der Waals surface area contributed by atoms with Gasteiger partial charge in [-0.15, -0.1) is 0 Å². The second-order valence-electron chi connectivity index (χ2n) is 2.27. The zero-order valence-corrected chi connectivity index (χ0v) is 5.80. The number of aromatic nitrogens is 3. The molecular formula is C6H4FN3O2. The molecule has 12 heavy (non-hydrogen) atoms. The Balaban J connectivity index is 3.20. The minimum Gasteiger partial charge on any atom is -0.266 e. The summed E-state index contributed by atoms with van der Waals surface area (Å²) in [6.45, 7) is 0. The second kappa shape index (κ2) is 2.07. The first-order chi connectivity index (χ1) is 5.70. The molecule has 0 saturated carbocycles. The molecule has 0 saturated heterocycles. The summed E-state index contributed by atoms with van der Waals surface area (Å²) in [5, 5.41) is 4.07. The second-order valence-corrected chi connectivity index (χ2v) is 2.27. The van der Waals surface area contributed by atoms with Crippen LogP contribution in [-0.2, 0) is 0 Å². The predicted octanol–water partition coefficient (Wildman–Crippen LogP) is -0.545. The summed E-state index contributed by atoms with van der Waals surface area (Å²) in [7, 11) is 0. The van der Waals surface area contributed by atoms with Crippen LogP contribution in [0.5, 0.6) is 0 Å². The lowest BCUT2D eigenvalue weighted by molar-refractivity contribution is 0.637. The van der Waals surface area contributed by atoms with Crippen LogP contribution < -0.4 is 11.2 Å². The molecule has 0 unspecified atom stereocenters. The quantitative estimate of drug-likeness (QED) is 0.555. The van der Waals surface area contributed by atoms with Gasteiger partial charge in [0.15, 0.2) is 11.3 Å². The van der Waals surface area contributed by atoms with E-state index in [1.54, 1.807) is 0 Å². The molecule has 0 aliphatic rings. The third-order valence-electron chi connectivity index (χ3n) is 1.55. The molecule has 2 heterocycles. The fraction of sp³-hybridized carbons (Fsp3) is 0. The molecule has 2 rings (SSSR count). The van der Waals surface area contributed by atoms with Gasteiger partial charge in [-0.2, -0.15) is 0 Å². The highest BCUT2D eigenvalue weighted by atomic mass is 19.1. The molecule has 2 aromatic rings. The minimum absolute atomic E-state index is 0.265. The summed E-state index contributed by atoms with van der Waals surface area (Å²) in [4.78, 5) is 21.8. The largest absolute Gasteiger partial charge is 0.344 e. The van der Waals surface area contributed by atoms with Crippen molar-refractivity contribution in [2.75, 3.05) is 0 Å². The van der Waals surface area contributed by atoms with Gasteiger partial charge in [-0.05, 0) is 6.07 Å². The normalized spacial score (nSPS) is 10.8. The minimum atomic E-state index is -0.706. The number of H-pyrrole nitrogens is 2. The molecule has 0 radical (unpaired) electrons. The molecule has 2 aromatic heterocycles. The molecule has 0 bridgehead atoms. The lowest BCUT2D eigenvalue weighted by Gasteiger charge is -1.89. The average Bonchev–Trinajstić information content (AvgIpc) is 2.42. The van der Waals surface area contributed by atoms with Crippen molar-refractivity contribution in [3.05, 3.63) is 38.9 Å². The number of halogens is 1. The first-order valence-corrected chi connectivity index (χ1v) is 3.17. The van der Waals surface area contributed by atoms with Crippen LogP contribution in [0.3, 0.4) is 0 Å². The van der Waals surface area contributed by atoms with Crippen LogP contribution in [-0.4, -0.2) is 14.6 Å². The number of aromatic amines is 2. The molecule has 0 fully saturated rings. The van der Waals surface area contributed by atoms with E-state index >= 15 is 0 Å². The highest BCUT2D eigenvalue weighted by Gasteiger charge is 2.06. The van der Waals surface area contributed by atoms with Gasteiger partial charge in [0.1, 0.15) is 0 Å². The van der Waals surface area contributed by atoms with E-state index in [4.69, 9.17) is 0 Å². The molecular weight excluding hydrogens is 165 g/mol. The zero-order chi connectivity index (χ0) is 8.72. The topological polar surface area (TPSA) is 70.1 Å². The first kappa shape index (κ1) is 6.84. The maximum absolute atomic E-state index is 12.8. The molecule has 62 valence electrons. The summed E-state index contributed by atoms with van der Waals surface area (Å²) < 4.78 is 13.7. The summed E-state index contributed by atoms with van der Waals surface area (Å²) in [5.41, 5.74) is -1.50. The Morgan fingerprint density at radius 2 is 2.08 bits per heavy atom. The van der Waals surface area contributed by atoms with Crippen molar-refractivity contribution in [3.63, 3.8) is 0 Å². The van der Waals surface area contributed by atoms with Crippen LogP contribution in [0.15, 0.2) is 21.9 Å². The van der Waals surface area contributed by atoms with Crippen LogP contribution >= 0.6 is 0 Å². The van der Waals surface area contributed by atoms with Crippen LogP contribution in [0, 0.1) is 5.82 Å². The average molecular weight is 169 g/mol. The van der Waals surface area contributed by atoms with E-state index < -0.39 is 17.1 Å². The molecule has 0 atom stereocenters. The van der Waals surface area contributed by atoms with Gasteiger partial charge < -0.3 is 0 Å². The van der Waals surface area contributed by atoms with E-state index in [0.717, 1.165) is 10.5 Å². The van der Waals surface area contributed by atoms with E-state index in [0.29, 0.717) is 0 Å². The van der Waals surface area contributed by atoms with Crippen LogP contribution in [0.4, 0.5) is 4.39 Å². The number of nitrogens with zero attached hydrogens (tertiary/aromatic N) is 1. The maximum Gasteiger partial charge on any atom is 0.344 e. The van der Waals surface area contributed by atoms with Crippen molar-refractivity contribution in [1.82, 2.24) is 14.6 Å². The molecule has 2 N–H and O–H groups in total. The molecule has 6 heteroatoms. The molecule has 0 aromatic carbocycles.